The van der Waals surface area contributed by atoms with Crippen molar-refractivity contribution in [1.82, 2.24) is 4.90 Å². The number of rotatable bonds is 6. The van der Waals surface area contributed by atoms with Gasteiger partial charge in [-0.15, -0.1) is 0 Å². The van der Waals surface area contributed by atoms with Crippen molar-refractivity contribution in [3.8, 4) is 5.75 Å². The van der Waals surface area contributed by atoms with Crippen LogP contribution in [0.5, 0.6) is 5.75 Å². The molecule has 5 heteroatoms. The highest BCUT2D eigenvalue weighted by atomic mass is 16.5. The van der Waals surface area contributed by atoms with Crippen LogP contribution in [0.1, 0.15) is 40.7 Å². The van der Waals surface area contributed by atoms with Gasteiger partial charge in [-0.1, -0.05) is 42.0 Å². The maximum Gasteiger partial charge on any atom is 0.336 e. The van der Waals surface area contributed by atoms with Crippen LogP contribution in [0.2, 0.25) is 0 Å². The molecule has 0 aromatic heterocycles. The number of ether oxygens (including phenoxy) is 1. The van der Waals surface area contributed by atoms with Gasteiger partial charge in [0.05, 0.1) is 18.3 Å². The second-order valence-corrected chi connectivity index (χ2v) is 8.03. The average Bonchev–Trinajstić information content (AvgIpc) is 2.70. The smallest absolute Gasteiger partial charge is 0.336 e. The third-order valence-electron chi connectivity index (χ3n) is 5.69. The van der Waals surface area contributed by atoms with E-state index in [9.17, 15) is 15.0 Å². The van der Waals surface area contributed by atoms with Crippen molar-refractivity contribution < 1.29 is 19.7 Å². The van der Waals surface area contributed by atoms with E-state index in [1.54, 1.807) is 19.2 Å². The van der Waals surface area contributed by atoms with Crippen LogP contribution in [0.3, 0.4) is 0 Å². The van der Waals surface area contributed by atoms with Crippen LogP contribution in [0, 0.1) is 5.92 Å². The molecular formula is C24H29NO4. The number of aromatic carboxylic acids is 1. The van der Waals surface area contributed by atoms with Crippen molar-refractivity contribution in [3.05, 3.63) is 70.8 Å². The lowest BCUT2D eigenvalue weighted by atomic mass is 9.69. The van der Waals surface area contributed by atoms with Crippen LogP contribution < -0.4 is 4.74 Å². The lowest BCUT2D eigenvalue weighted by molar-refractivity contribution is -0.0472. The topological polar surface area (TPSA) is 70.0 Å². The summed E-state index contributed by atoms with van der Waals surface area (Å²) in [6, 6.07) is 14.6. The molecular weight excluding hydrogens is 366 g/mol. The van der Waals surface area contributed by atoms with Gasteiger partial charge in [-0.05, 0) is 56.3 Å². The molecule has 29 heavy (non-hydrogen) atoms. The number of methoxy groups -OCH3 is 1. The summed E-state index contributed by atoms with van der Waals surface area (Å²) in [5.74, 6) is -0.162. The molecule has 2 N–H and O–H groups in total. The predicted molar refractivity (Wildman–Crippen MR) is 114 cm³/mol. The Morgan fingerprint density at radius 2 is 2.00 bits per heavy atom. The monoisotopic (exact) mass is 395 g/mol. The first-order valence-electron chi connectivity index (χ1n) is 9.87. The Morgan fingerprint density at radius 3 is 2.69 bits per heavy atom. The molecule has 154 valence electrons. The fourth-order valence-corrected chi connectivity index (χ4v) is 4.25. The summed E-state index contributed by atoms with van der Waals surface area (Å²) in [6.45, 7) is 0.771. The van der Waals surface area contributed by atoms with Gasteiger partial charge in [0.2, 0.25) is 0 Å². The van der Waals surface area contributed by atoms with Gasteiger partial charge in [-0.3, -0.25) is 0 Å². The van der Waals surface area contributed by atoms with Crippen molar-refractivity contribution >= 4 is 12.0 Å². The van der Waals surface area contributed by atoms with E-state index in [2.05, 4.69) is 4.90 Å². The number of hydrogen-bond acceptors (Lipinski definition) is 4. The molecule has 2 aromatic carbocycles. The zero-order valence-corrected chi connectivity index (χ0v) is 17.3. The highest BCUT2D eigenvalue weighted by molar-refractivity contribution is 5.92. The molecule has 0 heterocycles. The Bertz CT molecular complexity index is 905. The Morgan fingerprint density at radius 1 is 1.24 bits per heavy atom. The standard InChI is InChI=1S/C24H29NO4/c1-25(2)16-20-12-11-17(13-18-7-4-5-10-22(18)23(26)27)15-24(20,28)19-8-6-9-21(14-19)29-3/h4-10,13-14,20,28H,11-12,15-16H2,1-3H3,(H,26,27). The van der Waals surface area contributed by atoms with Crippen LogP contribution in [0.4, 0.5) is 0 Å². The van der Waals surface area contributed by atoms with E-state index in [0.29, 0.717) is 17.7 Å². The van der Waals surface area contributed by atoms with Gasteiger partial charge in [-0.25, -0.2) is 4.79 Å². The van der Waals surface area contributed by atoms with Crippen molar-refractivity contribution in [2.45, 2.75) is 24.9 Å². The molecule has 2 atom stereocenters. The minimum absolute atomic E-state index is 0.0662. The molecule has 0 saturated heterocycles. The van der Waals surface area contributed by atoms with Crippen LogP contribution in [0.15, 0.2) is 54.1 Å². The summed E-state index contributed by atoms with van der Waals surface area (Å²) < 4.78 is 5.37. The largest absolute Gasteiger partial charge is 0.497 e. The van der Waals surface area contributed by atoms with Gasteiger partial charge in [-0.2, -0.15) is 0 Å². The number of nitrogens with zero attached hydrogens (tertiary/aromatic N) is 1. The highest BCUT2D eigenvalue weighted by Gasteiger charge is 2.42. The molecule has 1 aliphatic carbocycles. The summed E-state index contributed by atoms with van der Waals surface area (Å²) in [5, 5.41) is 21.3. The maximum absolute atomic E-state index is 11.9. The minimum atomic E-state index is -1.04. The molecule has 1 aliphatic rings. The van der Waals surface area contributed by atoms with Gasteiger partial charge < -0.3 is 19.8 Å². The van der Waals surface area contributed by atoms with E-state index in [0.717, 1.165) is 30.5 Å². The van der Waals surface area contributed by atoms with Gasteiger partial charge >= 0.3 is 5.97 Å². The summed E-state index contributed by atoms with van der Waals surface area (Å²) in [6.07, 6.45) is 4.05. The second kappa shape index (κ2) is 8.80. The Kier molecular flexibility index (Phi) is 6.40. The van der Waals surface area contributed by atoms with E-state index in [-0.39, 0.29) is 11.5 Å². The molecule has 0 aliphatic heterocycles. The van der Waals surface area contributed by atoms with Gasteiger partial charge in [0.1, 0.15) is 5.75 Å². The van der Waals surface area contributed by atoms with Crippen LogP contribution in [-0.4, -0.2) is 48.8 Å². The van der Waals surface area contributed by atoms with Crippen molar-refractivity contribution in [2.75, 3.05) is 27.7 Å². The first kappa shape index (κ1) is 21.1. The molecule has 0 radical (unpaired) electrons. The Labute approximate surface area is 172 Å². The van der Waals surface area contributed by atoms with Gasteiger partial charge in [0.25, 0.3) is 0 Å². The molecule has 2 aromatic rings. The van der Waals surface area contributed by atoms with Crippen LogP contribution in [0.25, 0.3) is 6.08 Å². The molecule has 1 fully saturated rings. The third-order valence-corrected chi connectivity index (χ3v) is 5.69. The average molecular weight is 395 g/mol. The van der Waals surface area contributed by atoms with E-state index < -0.39 is 11.6 Å². The van der Waals surface area contributed by atoms with Gasteiger partial charge in [0.15, 0.2) is 0 Å². The van der Waals surface area contributed by atoms with E-state index >= 15 is 0 Å². The fourth-order valence-electron chi connectivity index (χ4n) is 4.25. The second-order valence-electron chi connectivity index (χ2n) is 8.03. The SMILES string of the molecule is COc1cccc(C2(O)CC(=Cc3ccccc3C(=O)O)CCC2CN(C)C)c1. The number of carboxylic acids is 1. The van der Waals surface area contributed by atoms with E-state index in [1.165, 1.54) is 0 Å². The lowest BCUT2D eigenvalue weighted by Gasteiger charge is -2.43. The number of carbonyl (C=O) groups is 1. The normalized spacial score (nSPS) is 23.3. The molecule has 2 unspecified atom stereocenters. The van der Waals surface area contributed by atoms with E-state index in [4.69, 9.17) is 4.74 Å². The van der Waals surface area contributed by atoms with Crippen molar-refractivity contribution in [1.29, 1.82) is 0 Å². The number of hydrogen-bond donors (Lipinski definition) is 2. The summed E-state index contributed by atoms with van der Waals surface area (Å²) in [4.78, 5) is 13.7. The van der Waals surface area contributed by atoms with Crippen molar-refractivity contribution in [2.24, 2.45) is 5.92 Å². The molecule has 5 nitrogen and oxygen atoms in total. The molecule has 1 saturated carbocycles. The first-order chi connectivity index (χ1) is 13.8. The fraction of sp³-hybridized carbons (Fsp3) is 0.375. The van der Waals surface area contributed by atoms with Gasteiger partial charge in [0, 0.05) is 18.9 Å². The third kappa shape index (κ3) is 4.69. The quantitative estimate of drug-likeness (QED) is 0.773. The zero-order valence-electron chi connectivity index (χ0n) is 17.3. The summed E-state index contributed by atoms with van der Waals surface area (Å²) in [5.41, 5.74) is 1.80. The highest BCUT2D eigenvalue weighted by Crippen LogP contribution is 2.45. The molecule has 3 rings (SSSR count). The number of aliphatic hydroxyl groups is 1. The predicted octanol–water partition coefficient (Wildman–Crippen LogP) is 4.03. The lowest BCUT2D eigenvalue weighted by Crippen LogP contribution is -2.43. The Hall–Kier alpha value is -2.63. The van der Waals surface area contributed by atoms with Crippen molar-refractivity contribution in [3.63, 3.8) is 0 Å². The maximum atomic E-state index is 11.9. The number of carboxylic acid groups (broad SMARTS) is 1. The molecule has 0 spiro atoms. The zero-order chi connectivity index (χ0) is 21.0. The van der Waals surface area contributed by atoms with Crippen LogP contribution >= 0.6 is 0 Å². The number of benzene rings is 2. The van der Waals surface area contributed by atoms with Crippen LogP contribution in [-0.2, 0) is 5.60 Å². The van der Waals surface area contributed by atoms with E-state index in [1.807, 2.05) is 56.6 Å². The molecule has 0 amide bonds. The minimum Gasteiger partial charge on any atom is -0.497 e. The summed E-state index contributed by atoms with van der Waals surface area (Å²) >= 11 is 0. The first-order valence-corrected chi connectivity index (χ1v) is 9.87. The molecule has 0 bridgehead atoms. The Balaban J connectivity index is 2.00. The summed E-state index contributed by atoms with van der Waals surface area (Å²) in [7, 11) is 5.65.